The van der Waals surface area contributed by atoms with Crippen LogP contribution in [-0.4, -0.2) is 58.6 Å². The molecule has 1 unspecified atom stereocenters. The third-order valence-electron chi connectivity index (χ3n) is 8.60. The second-order valence-corrected chi connectivity index (χ2v) is 11.0. The standard InChI is InChI=1S/C28H32F2N4O3/c1-17-12-23(37-2)20(18-6-8-31-24(17)18)14-34-11-7-27(15-28(29,30)16-27)13-22(34)19-4-5-21(26(35)36)32-25(19)33-9-3-10-33/h4-6,8,12,22,31H,3,7,9-11,13-16H2,1-2H3,(H,35,36). The number of hydrogen-bond donors (Lipinski definition) is 2. The number of aromatic carboxylic acids is 1. The number of alkyl halides is 2. The zero-order valence-corrected chi connectivity index (χ0v) is 21.2. The molecular weight excluding hydrogens is 478 g/mol. The summed E-state index contributed by atoms with van der Waals surface area (Å²) >= 11 is 0. The summed E-state index contributed by atoms with van der Waals surface area (Å²) in [5.74, 6) is -2.19. The number of rotatable bonds is 6. The van der Waals surface area contributed by atoms with Crippen molar-refractivity contribution in [2.24, 2.45) is 5.41 Å². The number of carboxylic acids is 1. The Morgan fingerprint density at radius 1 is 1.24 bits per heavy atom. The Morgan fingerprint density at radius 3 is 2.68 bits per heavy atom. The van der Waals surface area contributed by atoms with Crippen molar-refractivity contribution in [3.63, 3.8) is 0 Å². The number of piperidine rings is 1. The van der Waals surface area contributed by atoms with Gasteiger partial charge in [0, 0.05) is 66.7 Å². The number of nitrogens with zero attached hydrogens (tertiary/aromatic N) is 3. The maximum atomic E-state index is 14.1. The Kier molecular flexibility index (Phi) is 5.67. The quantitative estimate of drug-likeness (QED) is 0.453. The Labute approximate surface area is 214 Å². The van der Waals surface area contributed by atoms with Gasteiger partial charge >= 0.3 is 5.97 Å². The molecule has 6 rings (SSSR count). The molecule has 1 atom stereocenters. The lowest BCUT2D eigenvalue weighted by molar-refractivity contribution is -0.186. The predicted molar refractivity (Wildman–Crippen MR) is 137 cm³/mol. The minimum Gasteiger partial charge on any atom is -0.496 e. The lowest BCUT2D eigenvalue weighted by Crippen LogP contribution is -2.53. The first-order valence-corrected chi connectivity index (χ1v) is 12.9. The monoisotopic (exact) mass is 510 g/mol. The predicted octanol–water partition coefficient (Wildman–Crippen LogP) is 5.54. The number of pyridine rings is 1. The summed E-state index contributed by atoms with van der Waals surface area (Å²) in [4.78, 5) is 24.0. The first kappa shape index (κ1) is 24.2. The number of carbonyl (C=O) groups is 1. The zero-order valence-electron chi connectivity index (χ0n) is 21.2. The van der Waals surface area contributed by atoms with Crippen molar-refractivity contribution in [1.82, 2.24) is 14.9 Å². The molecule has 1 aliphatic carbocycles. The number of aromatic nitrogens is 2. The number of aryl methyl sites for hydroxylation is 1. The fourth-order valence-corrected chi connectivity index (χ4v) is 6.64. The highest BCUT2D eigenvalue weighted by Crippen LogP contribution is 2.61. The topological polar surface area (TPSA) is 81.7 Å². The van der Waals surface area contributed by atoms with Gasteiger partial charge in [0.25, 0.3) is 0 Å². The van der Waals surface area contributed by atoms with E-state index in [1.807, 2.05) is 25.3 Å². The molecule has 1 aromatic carbocycles. The summed E-state index contributed by atoms with van der Waals surface area (Å²) in [6, 6.07) is 7.34. The van der Waals surface area contributed by atoms with Gasteiger partial charge in [-0.05, 0) is 61.9 Å². The number of carboxylic acid groups (broad SMARTS) is 1. The lowest BCUT2D eigenvalue weighted by Gasteiger charge is -2.55. The number of likely N-dealkylation sites (tertiary alicyclic amines) is 1. The summed E-state index contributed by atoms with van der Waals surface area (Å²) in [5.41, 5.74) is 3.75. The summed E-state index contributed by atoms with van der Waals surface area (Å²) < 4.78 is 34.0. The largest absolute Gasteiger partial charge is 0.496 e. The average Bonchev–Trinajstić information content (AvgIpc) is 3.30. The Balaban J connectivity index is 1.42. The fourth-order valence-electron chi connectivity index (χ4n) is 6.64. The molecule has 4 heterocycles. The number of aromatic amines is 1. The van der Waals surface area contributed by atoms with Crippen LogP contribution in [0.25, 0.3) is 10.9 Å². The van der Waals surface area contributed by atoms with Gasteiger partial charge in [-0.3, -0.25) is 4.90 Å². The van der Waals surface area contributed by atoms with E-state index in [2.05, 4.69) is 25.8 Å². The van der Waals surface area contributed by atoms with Gasteiger partial charge in [-0.15, -0.1) is 0 Å². The summed E-state index contributed by atoms with van der Waals surface area (Å²) in [6.45, 7) is 4.94. The molecule has 7 nitrogen and oxygen atoms in total. The van der Waals surface area contributed by atoms with Gasteiger partial charge in [-0.2, -0.15) is 0 Å². The highest BCUT2D eigenvalue weighted by atomic mass is 19.3. The highest BCUT2D eigenvalue weighted by molar-refractivity contribution is 5.88. The van der Waals surface area contributed by atoms with Crippen LogP contribution in [0.5, 0.6) is 5.75 Å². The third kappa shape index (κ3) is 4.13. The Hall–Kier alpha value is -3.20. The zero-order chi connectivity index (χ0) is 25.9. The van der Waals surface area contributed by atoms with Crippen LogP contribution in [0.4, 0.5) is 14.6 Å². The van der Waals surface area contributed by atoms with Crippen LogP contribution in [0.2, 0.25) is 0 Å². The van der Waals surface area contributed by atoms with Gasteiger partial charge in [0.1, 0.15) is 11.6 Å². The van der Waals surface area contributed by atoms with E-state index in [9.17, 15) is 18.7 Å². The summed E-state index contributed by atoms with van der Waals surface area (Å²) in [7, 11) is 1.67. The molecule has 2 aromatic heterocycles. The second-order valence-electron chi connectivity index (χ2n) is 11.0. The van der Waals surface area contributed by atoms with E-state index in [1.54, 1.807) is 13.2 Å². The van der Waals surface area contributed by atoms with Crippen molar-refractivity contribution in [3.05, 3.63) is 52.8 Å². The summed E-state index contributed by atoms with van der Waals surface area (Å²) in [5, 5.41) is 10.7. The van der Waals surface area contributed by atoms with Gasteiger partial charge in [-0.1, -0.05) is 6.07 Å². The smallest absolute Gasteiger partial charge is 0.354 e. The Bertz CT molecular complexity index is 1360. The van der Waals surface area contributed by atoms with Crippen LogP contribution in [0.15, 0.2) is 30.5 Å². The number of anilines is 1. The SMILES string of the molecule is COc1cc(C)c2[nH]ccc2c1CN1CCC2(CC1c1ccc(C(=O)O)nc1N1CCC1)CC(F)(F)C2. The van der Waals surface area contributed by atoms with E-state index in [1.165, 1.54) is 0 Å². The van der Waals surface area contributed by atoms with Crippen LogP contribution in [0, 0.1) is 12.3 Å². The van der Waals surface area contributed by atoms with E-state index in [0.29, 0.717) is 31.7 Å². The maximum absolute atomic E-state index is 14.1. The summed E-state index contributed by atoms with van der Waals surface area (Å²) in [6.07, 6.45) is 4.09. The molecule has 9 heteroatoms. The number of ether oxygens (including phenoxy) is 1. The number of halogens is 2. The number of nitrogens with one attached hydrogen (secondary N) is 1. The van der Waals surface area contributed by atoms with Crippen molar-refractivity contribution >= 4 is 22.7 Å². The lowest BCUT2D eigenvalue weighted by atomic mass is 9.59. The van der Waals surface area contributed by atoms with E-state index in [0.717, 1.165) is 52.9 Å². The van der Waals surface area contributed by atoms with Crippen LogP contribution in [-0.2, 0) is 6.54 Å². The van der Waals surface area contributed by atoms with Gasteiger partial charge in [0.15, 0.2) is 5.69 Å². The van der Waals surface area contributed by atoms with Crippen LogP contribution >= 0.6 is 0 Å². The van der Waals surface area contributed by atoms with Gasteiger partial charge in [-0.25, -0.2) is 18.6 Å². The molecular formula is C28H32F2N4O3. The molecule has 2 N–H and O–H groups in total. The number of hydrogen-bond acceptors (Lipinski definition) is 5. The number of benzene rings is 1. The molecule has 0 amide bonds. The van der Waals surface area contributed by atoms with Crippen molar-refractivity contribution in [3.8, 4) is 5.75 Å². The minimum absolute atomic E-state index is 0.00661. The van der Waals surface area contributed by atoms with Crippen LogP contribution in [0.3, 0.4) is 0 Å². The molecule has 3 fully saturated rings. The van der Waals surface area contributed by atoms with Gasteiger partial charge in [0.05, 0.1) is 7.11 Å². The molecule has 0 bridgehead atoms. The van der Waals surface area contributed by atoms with Crippen LogP contribution in [0.1, 0.15) is 65.3 Å². The minimum atomic E-state index is -2.60. The fraction of sp³-hybridized carbons (Fsp3) is 0.500. The number of methoxy groups -OCH3 is 1. The van der Waals surface area contributed by atoms with E-state index < -0.39 is 17.3 Å². The molecule has 196 valence electrons. The highest BCUT2D eigenvalue weighted by Gasteiger charge is 2.58. The normalized spacial score (nSPS) is 22.6. The van der Waals surface area contributed by atoms with Crippen molar-refractivity contribution in [1.29, 1.82) is 0 Å². The van der Waals surface area contributed by atoms with Crippen LogP contribution < -0.4 is 9.64 Å². The molecule has 1 saturated carbocycles. The van der Waals surface area contributed by atoms with Gasteiger partial charge < -0.3 is 19.7 Å². The van der Waals surface area contributed by atoms with Gasteiger partial charge in [0.2, 0.25) is 5.92 Å². The molecule has 0 radical (unpaired) electrons. The van der Waals surface area contributed by atoms with E-state index in [-0.39, 0.29) is 24.6 Å². The van der Waals surface area contributed by atoms with E-state index in [4.69, 9.17) is 4.74 Å². The molecule has 2 aliphatic heterocycles. The molecule has 3 aromatic rings. The number of fused-ring (bicyclic) bond motifs is 1. The van der Waals surface area contributed by atoms with Crippen molar-refractivity contribution in [2.75, 3.05) is 31.6 Å². The van der Waals surface area contributed by atoms with Crippen molar-refractivity contribution in [2.45, 2.75) is 57.5 Å². The second kappa shape index (κ2) is 8.68. The molecule has 37 heavy (non-hydrogen) atoms. The number of H-pyrrole nitrogens is 1. The molecule has 1 spiro atoms. The Morgan fingerprint density at radius 2 is 2.03 bits per heavy atom. The van der Waals surface area contributed by atoms with E-state index >= 15 is 0 Å². The average molecular weight is 511 g/mol. The third-order valence-corrected chi connectivity index (χ3v) is 8.60. The molecule has 2 saturated heterocycles. The molecule has 3 aliphatic rings. The first-order valence-electron chi connectivity index (χ1n) is 12.9. The maximum Gasteiger partial charge on any atom is 0.354 e. The first-order chi connectivity index (χ1) is 17.7. The van der Waals surface area contributed by atoms with Crippen molar-refractivity contribution < 1.29 is 23.4 Å².